The molecule has 3 amide bonds. The van der Waals surface area contributed by atoms with Gasteiger partial charge in [-0.25, -0.2) is 4.79 Å². The summed E-state index contributed by atoms with van der Waals surface area (Å²) in [6.45, 7) is 10.9. The predicted molar refractivity (Wildman–Crippen MR) is 201 cm³/mol. The lowest BCUT2D eigenvalue weighted by molar-refractivity contribution is -0.139. The van der Waals surface area contributed by atoms with Crippen LogP contribution in [-0.4, -0.2) is 77.3 Å². The quantitative estimate of drug-likeness (QED) is 0.154. The van der Waals surface area contributed by atoms with Gasteiger partial charge in [0.1, 0.15) is 5.60 Å². The number of nitrogens with zero attached hydrogens (tertiary/aromatic N) is 3. The summed E-state index contributed by atoms with van der Waals surface area (Å²) in [5.41, 5.74) is 5.39. The summed E-state index contributed by atoms with van der Waals surface area (Å²) in [5, 5.41) is 4.01. The molecular formula is C42H52N4O5. The fourth-order valence-electron chi connectivity index (χ4n) is 7.30. The number of nitrogens with one attached hydrogen (secondary N) is 1. The molecule has 3 aromatic carbocycles. The molecule has 1 N–H and O–H groups in total. The van der Waals surface area contributed by atoms with E-state index < -0.39 is 11.5 Å². The third-order valence-corrected chi connectivity index (χ3v) is 9.94. The van der Waals surface area contributed by atoms with E-state index in [4.69, 9.17) is 9.47 Å². The van der Waals surface area contributed by atoms with Crippen molar-refractivity contribution in [2.75, 3.05) is 33.4 Å². The van der Waals surface area contributed by atoms with Gasteiger partial charge in [0, 0.05) is 75.1 Å². The van der Waals surface area contributed by atoms with Gasteiger partial charge in [0.05, 0.1) is 5.92 Å². The van der Waals surface area contributed by atoms with Crippen LogP contribution >= 0.6 is 0 Å². The zero-order chi connectivity index (χ0) is 36.1. The number of aromatic nitrogens is 1. The molecule has 4 aromatic rings. The third kappa shape index (κ3) is 8.64. The smallest absolute Gasteiger partial charge is 0.410 e. The number of methoxy groups -OCH3 is 1. The highest BCUT2D eigenvalue weighted by Crippen LogP contribution is 2.40. The monoisotopic (exact) mass is 692 g/mol. The molecule has 6 rings (SSSR count). The van der Waals surface area contributed by atoms with E-state index >= 15 is 0 Å². The molecule has 270 valence electrons. The maximum Gasteiger partial charge on any atom is 0.410 e. The molecule has 1 aliphatic heterocycles. The Kier molecular flexibility index (Phi) is 11.2. The first-order chi connectivity index (χ1) is 24.6. The Balaban J connectivity index is 1.31. The van der Waals surface area contributed by atoms with Crippen LogP contribution in [0.15, 0.2) is 79.0 Å². The lowest BCUT2D eigenvalue weighted by atomic mass is 9.79. The molecule has 1 aromatic heterocycles. The summed E-state index contributed by atoms with van der Waals surface area (Å²) >= 11 is 0. The lowest BCUT2D eigenvalue weighted by Crippen LogP contribution is -2.51. The highest BCUT2D eigenvalue weighted by molar-refractivity contribution is 5.94. The second kappa shape index (κ2) is 15.7. The Morgan fingerprint density at radius 3 is 2.41 bits per heavy atom. The minimum Gasteiger partial charge on any atom is -0.444 e. The Hall–Kier alpha value is -4.63. The third-order valence-electron chi connectivity index (χ3n) is 9.94. The SMILES string of the molecule is CCNC(=O)c1ccc(-c2cccc([C@H]3CCN(C(=O)OC(C)(C)C)C[C@@H]3C(=O)N(Cc3cn(CCCOC)c4ccccc34)C3CC3)c2)cc1. The topological polar surface area (TPSA) is 93.1 Å². The molecule has 2 aliphatic rings. The van der Waals surface area contributed by atoms with Crippen molar-refractivity contribution >= 4 is 28.8 Å². The summed E-state index contributed by atoms with van der Waals surface area (Å²) in [4.78, 5) is 44.5. The Morgan fingerprint density at radius 1 is 0.941 bits per heavy atom. The van der Waals surface area contributed by atoms with Crippen LogP contribution in [0.3, 0.4) is 0 Å². The number of likely N-dealkylation sites (tertiary alicyclic amines) is 1. The number of rotatable bonds is 12. The van der Waals surface area contributed by atoms with E-state index in [1.807, 2.05) is 58.0 Å². The van der Waals surface area contributed by atoms with Gasteiger partial charge in [0.25, 0.3) is 5.91 Å². The Bertz CT molecular complexity index is 1840. The molecule has 2 atom stereocenters. The minimum atomic E-state index is -0.633. The molecule has 0 bridgehead atoms. The summed E-state index contributed by atoms with van der Waals surface area (Å²) in [5.74, 6) is -0.518. The lowest BCUT2D eigenvalue weighted by Gasteiger charge is -2.40. The predicted octanol–water partition coefficient (Wildman–Crippen LogP) is 7.63. The number of carbonyl (C=O) groups excluding carboxylic acids is 3. The van der Waals surface area contributed by atoms with Gasteiger partial charge in [-0.2, -0.15) is 0 Å². The van der Waals surface area contributed by atoms with Crippen LogP contribution in [0, 0.1) is 5.92 Å². The minimum absolute atomic E-state index is 0.0811. The van der Waals surface area contributed by atoms with Crippen molar-refractivity contribution in [3.63, 3.8) is 0 Å². The number of benzene rings is 3. The summed E-state index contributed by atoms with van der Waals surface area (Å²) in [6, 6.07) is 24.6. The largest absolute Gasteiger partial charge is 0.444 e. The average Bonchev–Trinajstić information content (AvgIpc) is 3.91. The van der Waals surface area contributed by atoms with Gasteiger partial charge < -0.3 is 29.2 Å². The molecule has 0 spiro atoms. The average molecular weight is 693 g/mol. The first kappa shape index (κ1) is 36.2. The Labute approximate surface area is 301 Å². The Morgan fingerprint density at radius 2 is 1.71 bits per heavy atom. The maximum atomic E-state index is 15.0. The number of hydrogen-bond acceptors (Lipinski definition) is 5. The van der Waals surface area contributed by atoms with Gasteiger partial charge in [0.2, 0.25) is 5.91 Å². The molecule has 0 unspecified atom stereocenters. The fourth-order valence-corrected chi connectivity index (χ4v) is 7.30. The first-order valence-corrected chi connectivity index (χ1v) is 18.4. The van der Waals surface area contributed by atoms with Crippen molar-refractivity contribution in [1.29, 1.82) is 0 Å². The molecule has 9 nitrogen and oxygen atoms in total. The van der Waals surface area contributed by atoms with Crippen molar-refractivity contribution in [2.45, 2.75) is 84.0 Å². The van der Waals surface area contributed by atoms with Crippen LogP contribution in [0.4, 0.5) is 4.79 Å². The van der Waals surface area contributed by atoms with E-state index in [0.29, 0.717) is 44.8 Å². The zero-order valence-corrected chi connectivity index (χ0v) is 30.7. The number of carbonyl (C=O) groups is 3. The molecule has 2 fully saturated rings. The molecule has 1 aliphatic carbocycles. The van der Waals surface area contributed by atoms with E-state index in [1.54, 1.807) is 12.0 Å². The maximum absolute atomic E-state index is 15.0. The van der Waals surface area contributed by atoms with Crippen LogP contribution < -0.4 is 5.32 Å². The summed E-state index contributed by atoms with van der Waals surface area (Å²) in [7, 11) is 1.73. The molecule has 9 heteroatoms. The molecule has 51 heavy (non-hydrogen) atoms. The first-order valence-electron chi connectivity index (χ1n) is 18.4. The van der Waals surface area contributed by atoms with Gasteiger partial charge in [-0.3, -0.25) is 9.59 Å². The molecule has 0 radical (unpaired) electrons. The summed E-state index contributed by atoms with van der Waals surface area (Å²) < 4.78 is 13.4. The van der Waals surface area contributed by atoms with Crippen molar-refractivity contribution in [1.82, 2.24) is 19.7 Å². The number of amides is 3. The number of hydrogen-bond donors (Lipinski definition) is 1. The van der Waals surface area contributed by atoms with Crippen molar-refractivity contribution in [3.05, 3.63) is 95.7 Å². The van der Waals surface area contributed by atoms with Crippen molar-refractivity contribution in [2.24, 2.45) is 5.92 Å². The number of fused-ring (bicyclic) bond motifs is 1. The van der Waals surface area contributed by atoms with Crippen LogP contribution in [-0.2, 0) is 27.4 Å². The zero-order valence-electron chi connectivity index (χ0n) is 30.7. The molecular weight excluding hydrogens is 640 g/mol. The fraction of sp³-hybridized carbons (Fsp3) is 0.452. The van der Waals surface area contributed by atoms with Crippen LogP contribution in [0.5, 0.6) is 0 Å². The van der Waals surface area contributed by atoms with Crippen molar-refractivity contribution in [3.8, 4) is 11.1 Å². The number of para-hydroxylation sites is 1. The van der Waals surface area contributed by atoms with Crippen LogP contribution in [0.1, 0.15) is 80.8 Å². The highest BCUT2D eigenvalue weighted by atomic mass is 16.6. The van der Waals surface area contributed by atoms with Gasteiger partial charge in [0.15, 0.2) is 0 Å². The van der Waals surface area contributed by atoms with Gasteiger partial charge in [-0.05, 0) is 99.7 Å². The van der Waals surface area contributed by atoms with E-state index in [0.717, 1.165) is 59.0 Å². The second-order valence-corrected chi connectivity index (χ2v) is 14.9. The summed E-state index contributed by atoms with van der Waals surface area (Å²) in [6.07, 6.45) is 5.33. The number of piperidine rings is 1. The van der Waals surface area contributed by atoms with Gasteiger partial charge >= 0.3 is 6.09 Å². The second-order valence-electron chi connectivity index (χ2n) is 14.9. The molecule has 1 saturated carbocycles. The van der Waals surface area contributed by atoms with Crippen LogP contribution in [0.2, 0.25) is 0 Å². The normalized spacial score (nSPS) is 17.7. The van der Waals surface area contributed by atoms with E-state index in [2.05, 4.69) is 63.4 Å². The van der Waals surface area contributed by atoms with Gasteiger partial charge in [-0.15, -0.1) is 0 Å². The van der Waals surface area contributed by atoms with E-state index in [9.17, 15) is 14.4 Å². The van der Waals surface area contributed by atoms with E-state index in [-0.39, 0.29) is 29.9 Å². The molecule has 2 heterocycles. The van der Waals surface area contributed by atoms with Crippen molar-refractivity contribution < 1.29 is 23.9 Å². The highest BCUT2D eigenvalue weighted by Gasteiger charge is 2.43. The van der Waals surface area contributed by atoms with Gasteiger partial charge in [-0.1, -0.05) is 54.6 Å². The number of ether oxygens (including phenoxy) is 2. The van der Waals surface area contributed by atoms with Crippen LogP contribution in [0.25, 0.3) is 22.0 Å². The van der Waals surface area contributed by atoms with E-state index in [1.165, 1.54) is 0 Å². The number of aryl methyl sites for hydroxylation is 1. The standard InChI is InChI=1S/C42H52N4O5/c1-6-43-39(47)30-17-15-29(16-18-30)31-11-9-12-32(25-31)35-21-23-45(41(49)51-42(2,3)4)28-37(35)40(48)46(34-19-20-34)27-33-26-44(22-10-24-50-5)38-14-8-7-13-36(33)38/h7-9,11-18,25-26,34-35,37H,6,10,19-24,27-28H2,1-5H3,(H,43,47)/t35-,37+/m1/s1. The molecule has 1 saturated heterocycles.